The van der Waals surface area contributed by atoms with Crippen LogP contribution in [0.5, 0.6) is 0 Å². The molecule has 122 valence electrons. The van der Waals surface area contributed by atoms with Gasteiger partial charge >= 0.3 is 0 Å². The van der Waals surface area contributed by atoms with E-state index in [1.54, 1.807) is 0 Å². The molecule has 1 aromatic carbocycles. The van der Waals surface area contributed by atoms with Crippen LogP contribution < -0.4 is 5.56 Å². The Bertz CT molecular complexity index is 913. The van der Waals surface area contributed by atoms with Crippen molar-refractivity contribution in [3.8, 4) is 5.69 Å². The molecule has 0 atom stereocenters. The van der Waals surface area contributed by atoms with Gasteiger partial charge in [-0.05, 0) is 19.1 Å². The van der Waals surface area contributed by atoms with Crippen LogP contribution in [0.2, 0.25) is 0 Å². The highest BCUT2D eigenvalue weighted by Crippen LogP contribution is 2.17. The Morgan fingerprint density at radius 3 is 2.92 bits per heavy atom. The predicted molar refractivity (Wildman–Crippen MR) is 91.0 cm³/mol. The lowest BCUT2D eigenvalue weighted by atomic mass is 10.1. The van der Waals surface area contributed by atoms with Crippen LogP contribution >= 0.6 is 0 Å². The van der Waals surface area contributed by atoms with E-state index in [1.807, 2.05) is 54.3 Å². The first kappa shape index (κ1) is 14.8. The molecular formula is C18H19N5O. The Kier molecular flexibility index (Phi) is 3.74. The SMILES string of the molecule is Cc1nc2c(c(=O)[nH]1)CN(Cc1cnn(-c3ccccc3)c1)CC2. The number of nitrogens with one attached hydrogen (secondary N) is 1. The van der Waals surface area contributed by atoms with Crippen molar-refractivity contribution in [1.29, 1.82) is 0 Å². The number of hydrogen-bond acceptors (Lipinski definition) is 4. The number of aromatic nitrogens is 4. The summed E-state index contributed by atoms with van der Waals surface area (Å²) in [6, 6.07) is 10.0. The summed E-state index contributed by atoms with van der Waals surface area (Å²) in [5.74, 6) is 0.691. The minimum Gasteiger partial charge on any atom is -0.310 e. The maximum Gasteiger partial charge on any atom is 0.255 e. The van der Waals surface area contributed by atoms with Crippen molar-refractivity contribution >= 4 is 0 Å². The molecule has 24 heavy (non-hydrogen) atoms. The second kappa shape index (κ2) is 6.05. The molecule has 0 bridgehead atoms. The Hall–Kier alpha value is -2.73. The van der Waals surface area contributed by atoms with Crippen LogP contribution in [0.4, 0.5) is 0 Å². The maximum atomic E-state index is 12.1. The van der Waals surface area contributed by atoms with Crippen LogP contribution in [0, 0.1) is 6.92 Å². The summed E-state index contributed by atoms with van der Waals surface area (Å²) in [6.07, 6.45) is 4.75. The highest BCUT2D eigenvalue weighted by Gasteiger charge is 2.21. The molecule has 0 spiro atoms. The number of hydrogen-bond donors (Lipinski definition) is 1. The van der Waals surface area contributed by atoms with Crippen LogP contribution in [0.15, 0.2) is 47.5 Å². The van der Waals surface area contributed by atoms with E-state index in [2.05, 4.69) is 20.0 Å². The minimum atomic E-state index is -0.0119. The molecule has 0 aliphatic carbocycles. The molecule has 1 aliphatic rings. The molecule has 1 aliphatic heterocycles. The molecule has 0 radical (unpaired) electrons. The second-order valence-electron chi connectivity index (χ2n) is 6.17. The molecule has 3 heterocycles. The molecule has 6 nitrogen and oxygen atoms in total. The third-order valence-corrected chi connectivity index (χ3v) is 4.33. The first-order valence-corrected chi connectivity index (χ1v) is 8.09. The standard InChI is InChI=1S/C18H19N5O/c1-13-20-17-7-8-22(12-16(17)18(24)21-13)10-14-9-19-23(11-14)15-5-3-2-4-6-15/h2-6,9,11H,7-8,10,12H2,1H3,(H,20,21,24). The summed E-state index contributed by atoms with van der Waals surface area (Å²) < 4.78 is 1.88. The van der Waals surface area contributed by atoms with Crippen molar-refractivity contribution in [3.63, 3.8) is 0 Å². The summed E-state index contributed by atoms with van der Waals surface area (Å²) in [4.78, 5) is 21.7. The Labute approximate surface area is 139 Å². The third-order valence-electron chi connectivity index (χ3n) is 4.33. The van der Waals surface area contributed by atoms with E-state index in [9.17, 15) is 4.79 Å². The lowest BCUT2D eigenvalue weighted by molar-refractivity contribution is 0.241. The van der Waals surface area contributed by atoms with Gasteiger partial charge in [0.05, 0.1) is 23.1 Å². The van der Waals surface area contributed by atoms with Crippen molar-refractivity contribution in [2.24, 2.45) is 0 Å². The Morgan fingerprint density at radius 1 is 1.25 bits per heavy atom. The van der Waals surface area contributed by atoms with Crippen LogP contribution in [0.1, 0.15) is 22.6 Å². The Balaban J connectivity index is 1.51. The van der Waals surface area contributed by atoms with Gasteiger partial charge in [0.25, 0.3) is 5.56 Å². The number of H-pyrrole nitrogens is 1. The zero-order valence-corrected chi connectivity index (χ0v) is 13.6. The molecule has 6 heteroatoms. The van der Waals surface area contributed by atoms with Gasteiger partial charge in [-0.3, -0.25) is 9.69 Å². The average molecular weight is 321 g/mol. The average Bonchev–Trinajstić information content (AvgIpc) is 3.05. The van der Waals surface area contributed by atoms with Gasteiger partial charge in [0, 0.05) is 37.8 Å². The van der Waals surface area contributed by atoms with Gasteiger partial charge in [-0.2, -0.15) is 5.10 Å². The summed E-state index contributed by atoms with van der Waals surface area (Å²) in [7, 11) is 0. The number of aryl methyl sites for hydroxylation is 1. The van der Waals surface area contributed by atoms with Gasteiger partial charge in [0.15, 0.2) is 0 Å². The van der Waals surface area contributed by atoms with Gasteiger partial charge in [0.1, 0.15) is 5.82 Å². The van der Waals surface area contributed by atoms with E-state index in [0.29, 0.717) is 12.4 Å². The van der Waals surface area contributed by atoms with Crippen molar-refractivity contribution in [2.45, 2.75) is 26.4 Å². The fourth-order valence-corrected chi connectivity index (χ4v) is 3.16. The summed E-state index contributed by atoms with van der Waals surface area (Å²) >= 11 is 0. The largest absolute Gasteiger partial charge is 0.310 e. The molecule has 4 rings (SSSR count). The Morgan fingerprint density at radius 2 is 2.08 bits per heavy atom. The van der Waals surface area contributed by atoms with Crippen molar-refractivity contribution < 1.29 is 0 Å². The molecule has 0 unspecified atom stereocenters. The van der Waals surface area contributed by atoms with Gasteiger partial charge in [-0.15, -0.1) is 0 Å². The number of para-hydroxylation sites is 1. The van der Waals surface area contributed by atoms with Crippen LogP contribution in [0.3, 0.4) is 0 Å². The third kappa shape index (κ3) is 2.88. The molecule has 0 saturated heterocycles. The number of aromatic amines is 1. The maximum absolute atomic E-state index is 12.1. The van der Waals surface area contributed by atoms with Gasteiger partial charge in [-0.25, -0.2) is 9.67 Å². The predicted octanol–water partition coefficient (Wildman–Crippen LogP) is 1.82. The van der Waals surface area contributed by atoms with Crippen molar-refractivity contribution in [2.75, 3.05) is 6.54 Å². The fraction of sp³-hybridized carbons (Fsp3) is 0.278. The fourth-order valence-electron chi connectivity index (χ4n) is 3.16. The number of nitrogens with zero attached hydrogens (tertiary/aromatic N) is 4. The quantitative estimate of drug-likeness (QED) is 0.799. The van der Waals surface area contributed by atoms with E-state index in [-0.39, 0.29) is 5.56 Å². The minimum absolute atomic E-state index is 0.0119. The summed E-state index contributed by atoms with van der Waals surface area (Å²) in [5.41, 5.74) is 3.90. The zero-order chi connectivity index (χ0) is 16.5. The van der Waals surface area contributed by atoms with E-state index in [1.165, 1.54) is 0 Å². The van der Waals surface area contributed by atoms with Crippen molar-refractivity contribution in [3.05, 3.63) is 75.7 Å². The van der Waals surface area contributed by atoms with E-state index in [4.69, 9.17) is 0 Å². The van der Waals surface area contributed by atoms with Gasteiger partial charge in [0.2, 0.25) is 0 Å². The number of rotatable bonds is 3. The highest BCUT2D eigenvalue weighted by atomic mass is 16.1. The summed E-state index contributed by atoms with van der Waals surface area (Å²) in [6.45, 7) is 4.14. The molecular weight excluding hydrogens is 302 g/mol. The molecule has 2 aromatic heterocycles. The first-order chi connectivity index (χ1) is 11.7. The highest BCUT2D eigenvalue weighted by molar-refractivity contribution is 5.31. The lowest BCUT2D eigenvalue weighted by Gasteiger charge is -2.27. The molecule has 0 fully saturated rings. The van der Waals surface area contributed by atoms with Crippen LogP contribution in [-0.2, 0) is 19.5 Å². The normalized spacial score (nSPS) is 14.5. The number of fused-ring (bicyclic) bond motifs is 1. The summed E-state index contributed by atoms with van der Waals surface area (Å²) in [5, 5.41) is 4.44. The van der Waals surface area contributed by atoms with Gasteiger partial charge < -0.3 is 4.98 Å². The van der Waals surface area contributed by atoms with Gasteiger partial charge in [-0.1, -0.05) is 18.2 Å². The van der Waals surface area contributed by atoms with Crippen molar-refractivity contribution in [1.82, 2.24) is 24.6 Å². The second-order valence-corrected chi connectivity index (χ2v) is 6.17. The monoisotopic (exact) mass is 321 g/mol. The molecule has 3 aromatic rings. The van der Waals surface area contributed by atoms with E-state index < -0.39 is 0 Å². The smallest absolute Gasteiger partial charge is 0.255 e. The number of benzene rings is 1. The zero-order valence-electron chi connectivity index (χ0n) is 13.6. The van der Waals surface area contributed by atoms with E-state index >= 15 is 0 Å². The topological polar surface area (TPSA) is 66.8 Å². The van der Waals surface area contributed by atoms with Crippen LogP contribution in [0.25, 0.3) is 5.69 Å². The molecule has 0 amide bonds. The first-order valence-electron chi connectivity index (χ1n) is 8.09. The van der Waals surface area contributed by atoms with E-state index in [0.717, 1.165) is 42.0 Å². The lowest BCUT2D eigenvalue weighted by Crippen LogP contribution is -2.35. The molecule has 0 saturated carbocycles. The molecule has 1 N–H and O–H groups in total. The van der Waals surface area contributed by atoms with Crippen LogP contribution in [-0.4, -0.2) is 31.2 Å².